The molecule has 0 aromatic carbocycles. The van der Waals surface area contributed by atoms with Crippen molar-refractivity contribution in [2.45, 2.75) is 69.9 Å². The summed E-state index contributed by atoms with van der Waals surface area (Å²) in [5, 5.41) is 0. The summed E-state index contributed by atoms with van der Waals surface area (Å²) >= 11 is 0. The molecule has 0 N–H and O–H groups in total. The number of piperidine rings is 5. The Balaban J connectivity index is 1.25. The average molecular weight is 346 g/mol. The molecule has 1 amide bonds. The topological polar surface area (TPSA) is 26.8 Å². The highest BCUT2D eigenvalue weighted by molar-refractivity contribution is 5.77. The van der Waals surface area contributed by atoms with Gasteiger partial charge in [-0.2, -0.15) is 0 Å². The number of amides is 1. The Hall–Kier alpha value is -0.610. The number of hydrogen-bond donors (Lipinski definition) is 0. The molecule has 0 spiro atoms. The summed E-state index contributed by atoms with van der Waals surface area (Å²) in [6.45, 7) is 7.59. The molecule has 5 aliphatic rings. The van der Waals surface area contributed by atoms with Gasteiger partial charge in [-0.3, -0.25) is 4.79 Å². The van der Waals surface area contributed by atoms with Crippen LogP contribution in [0, 0.1) is 17.8 Å². The third-order valence-electron chi connectivity index (χ3n) is 7.98. The molecular formula is C21H35N3O. The first kappa shape index (κ1) is 16.6. The summed E-state index contributed by atoms with van der Waals surface area (Å²) in [5.74, 6) is 2.84. The Bertz CT molecular complexity index is 507. The summed E-state index contributed by atoms with van der Waals surface area (Å²) in [5.41, 5.74) is 0. The number of rotatable bonds is 2. The monoisotopic (exact) mass is 345 g/mol. The third kappa shape index (κ3) is 3.14. The number of fused-ring (bicyclic) bond motifs is 5. The molecule has 0 aromatic heterocycles. The molecule has 0 aromatic rings. The van der Waals surface area contributed by atoms with Crippen LogP contribution in [0.5, 0.6) is 0 Å². The van der Waals surface area contributed by atoms with Crippen molar-refractivity contribution in [2.75, 3.05) is 39.3 Å². The highest BCUT2D eigenvalue weighted by Crippen LogP contribution is 2.39. The van der Waals surface area contributed by atoms with Gasteiger partial charge in [-0.25, -0.2) is 0 Å². The minimum absolute atomic E-state index is 0.449. The fourth-order valence-corrected chi connectivity index (χ4v) is 6.98. The fraction of sp³-hybridized carbons (Fsp3) is 0.952. The molecule has 5 atom stereocenters. The van der Waals surface area contributed by atoms with Crippen molar-refractivity contribution in [2.24, 2.45) is 17.8 Å². The second kappa shape index (κ2) is 6.84. The van der Waals surface area contributed by atoms with Gasteiger partial charge in [0.05, 0.1) is 0 Å². The maximum Gasteiger partial charge on any atom is 0.222 e. The SMILES string of the molecule is O=C1CCC[C@H]2[C@H]3C[C@H](CN(C[C@@H]4CCCN5CCCC[C@H]45)C3)CN12. The Morgan fingerprint density at radius 2 is 1.76 bits per heavy atom. The number of likely N-dealkylation sites (tertiary alicyclic amines) is 1. The fourth-order valence-electron chi connectivity index (χ4n) is 6.98. The van der Waals surface area contributed by atoms with Crippen LogP contribution in [-0.2, 0) is 4.79 Å². The number of carbonyl (C=O) groups is 1. The smallest absolute Gasteiger partial charge is 0.222 e. The predicted molar refractivity (Wildman–Crippen MR) is 99.3 cm³/mol. The van der Waals surface area contributed by atoms with Gasteiger partial charge in [-0.1, -0.05) is 6.42 Å². The molecule has 5 fully saturated rings. The van der Waals surface area contributed by atoms with Crippen molar-refractivity contribution >= 4 is 5.91 Å². The first-order chi connectivity index (χ1) is 12.3. The van der Waals surface area contributed by atoms with Gasteiger partial charge in [-0.05, 0) is 75.8 Å². The van der Waals surface area contributed by atoms with Gasteiger partial charge in [0, 0.05) is 44.7 Å². The second-order valence-corrected chi connectivity index (χ2v) is 9.59. The Labute approximate surface area is 152 Å². The zero-order valence-electron chi connectivity index (χ0n) is 15.7. The van der Waals surface area contributed by atoms with Crippen LogP contribution in [0.2, 0.25) is 0 Å². The first-order valence-electron chi connectivity index (χ1n) is 11.0. The van der Waals surface area contributed by atoms with E-state index in [0.29, 0.717) is 11.9 Å². The quantitative estimate of drug-likeness (QED) is 0.770. The summed E-state index contributed by atoms with van der Waals surface area (Å²) < 4.78 is 0. The molecule has 0 saturated carbocycles. The zero-order valence-corrected chi connectivity index (χ0v) is 15.7. The van der Waals surface area contributed by atoms with Gasteiger partial charge in [0.25, 0.3) is 0 Å². The standard InChI is InChI=1S/C21H35N3O/c25-21-8-3-7-20-18-11-16(13-24(20)21)12-22(15-18)14-17-5-4-10-23-9-2-1-6-19(17)23/h16-20H,1-15H2/t16-,17+,18+,19-,20+/m1/s1. The summed E-state index contributed by atoms with van der Waals surface area (Å²) in [7, 11) is 0. The lowest BCUT2D eigenvalue weighted by Gasteiger charge is -2.53. The molecular weight excluding hydrogens is 310 g/mol. The van der Waals surface area contributed by atoms with Gasteiger partial charge in [0.15, 0.2) is 0 Å². The van der Waals surface area contributed by atoms with E-state index in [0.717, 1.165) is 43.2 Å². The number of hydrogen-bond acceptors (Lipinski definition) is 3. The molecule has 4 heteroatoms. The van der Waals surface area contributed by atoms with Crippen LogP contribution in [-0.4, -0.2) is 72.0 Å². The number of carbonyl (C=O) groups excluding carboxylic acids is 1. The van der Waals surface area contributed by atoms with E-state index < -0.39 is 0 Å². The van der Waals surface area contributed by atoms with Crippen LogP contribution in [0.15, 0.2) is 0 Å². The van der Waals surface area contributed by atoms with E-state index in [1.165, 1.54) is 77.7 Å². The third-order valence-corrected chi connectivity index (χ3v) is 7.98. The molecule has 0 unspecified atom stereocenters. The van der Waals surface area contributed by atoms with E-state index >= 15 is 0 Å². The number of nitrogens with zero attached hydrogens (tertiary/aromatic N) is 3. The van der Waals surface area contributed by atoms with Gasteiger partial charge < -0.3 is 14.7 Å². The van der Waals surface area contributed by atoms with Crippen molar-refractivity contribution in [3.05, 3.63) is 0 Å². The van der Waals surface area contributed by atoms with E-state index in [2.05, 4.69) is 14.7 Å². The van der Waals surface area contributed by atoms with E-state index in [9.17, 15) is 4.79 Å². The Morgan fingerprint density at radius 1 is 0.880 bits per heavy atom. The van der Waals surface area contributed by atoms with Crippen molar-refractivity contribution < 1.29 is 4.79 Å². The molecule has 2 bridgehead atoms. The van der Waals surface area contributed by atoms with Crippen molar-refractivity contribution in [3.8, 4) is 0 Å². The van der Waals surface area contributed by atoms with Crippen molar-refractivity contribution in [1.29, 1.82) is 0 Å². The normalized spacial score (nSPS) is 42.8. The maximum atomic E-state index is 12.3. The summed E-state index contributed by atoms with van der Waals surface area (Å²) in [6, 6.07) is 1.44. The Kier molecular flexibility index (Phi) is 4.53. The first-order valence-corrected chi connectivity index (χ1v) is 11.0. The average Bonchev–Trinajstić information content (AvgIpc) is 2.63. The Morgan fingerprint density at radius 3 is 2.72 bits per heavy atom. The second-order valence-electron chi connectivity index (χ2n) is 9.59. The van der Waals surface area contributed by atoms with E-state index in [1.807, 2.05) is 0 Å². The predicted octanol–water partition coefficient (Wildman–Crippen LogP) is 2.58. The molecule has 5 aliphatic heterocycles. The minimum atomic E-state index is 0.449. The summed E-state index contributed by atoms with van der Waals surface area (Å²) in [4.78, 5) is 20.2. The lowest BCUT2D eigenvalue weighted by molar-refractivity contribution is -0.145. The highest BCUT2D eigenvalue weighted by Gasteiger charge is 2.44. The van der Waals surface area contributed by atoms with E-state index in [-0.39, 0.29) is 0 Å². The van der Waals surface area contributed by atoms with E-state index in [4.69, 9.17) is 0 Å². The zero-order chi connectivity index (χ0) is 16.8. The molecule has 4 nitrogen and oxygen atoms in total. The highest BCUT2D eigenvalue weighted by atomic mass is 16.2. The molecule has 5 heterocycles. The van der Waals surface area contributed by atoms with Crippen molar-refractivity contribution in [3.63, 3.8) is 0 Å². The van der Waals surface area contributed by atoms with E-state index in [1.54, 1.807) is 0 Å². The van der Waals surface area contributed by atoms with Gasteiger partial charge >= 0.3 is 0 Å². The molecule has 5 saturated heterocycles. The van der Waals surface area contributed by atoms with Crippen molar-refractivity contribution in [1.82, 2.24) is 14.7 Å². The minimum Gasteiger partial charge on any atom is -0.339 e. The van der Waals surface area contributed by atoms with Crippen LogP contribution >= 0.6 is 0 Å². The lowest BCUT2D eigenvalue weighted by atomic mass is 9.75. The molecule has 0 aliphatic carbocycles. The van der Waals surface area contributed by atoms with Crippen LogP contribution in [0.1, 0.15) is 57.8 Å². The van der Waals surface area contributed by atoms with Gasteiger partial charge in [-0.15, -0.1) is 0 Å². The summed E-state index contributed by atoms with van der Waals surface area (Å²) in [6.07, 6.45) is 11.7. The molecule has 5 rings (SSSR count). The molecule has 25 heavy (non-hydrogen) atoms. The van der Waals surface area contributed by atoms with Crippen LogP contribution in [0.3, 0.4) is 0 Å². The maximum absolute atomic E-state index is 12.3. The molecule has 140 valence electrons. The van der Waals surface area contributed by atoms with Gasteiger partial charge in [0.2, 0.25) is 5.91 Å². The lowest BCUT2D eigenvalue weighted by Crippen LogP contribution is -2.61. The molecule has 0 radical (unpaired) electrons. The van der Waals surface area contributed by atoms with Crippen LogP contribution in [0.4, 0.5) is 0 Å². The van der Waals surface area contributed by atoms with Crippen LogP contribution in [0.25, 0.3) is 0 Å². The van der Waals surface area contributed by atoms with Gasteiger partial charge in [0.1, 0.15) is 0 Å². The largest absolute Gasteiger partial charge is 0.339 e. The van der Waals surface area contributed by atoms with Crippen LogP contribution < -0.4 is 0 Å².